The lowest BCUT2D eigenvalue weighted by atomic mass is 9.79. The van der Waals surface area contributed by atoms with Crippen LogP contribution in [0.2, 0.25) is 0 Å². The molecule has 16 heavy (non-hydrogen) atoms. The number of nitrogens with one attached hydrogen (secondary N) is 1. The first kappa shape index (κ1) is 10.2. The molecule has 2 bridgehead atoms. The van der Waals surface area contributed by atoms with Gasteiger partial charge in [-0.3, -0.25) is 0 Å². The van der Waals surface area contributed by atoms with Crippen molar-refractivity contribution in [2.45, 2.75) is 12.8 Å². The van der Waals surface area contributed by atoms with Crippen molar-refractivity contribution in [3.8, 4) is 0 Å². The Kier molecular flexibility index (Phi) is 2.83. The molecule has 1 unspecified atom stereocenters. The van der Waals surface area contributed by atoms with E-state index in [4.69, 9.17) is 0 Å². The molecule has 2 heteroatoms. The van der Waals surface area contributed by atoms with Crippen LogP contribution in [0.25, 0.3) is 0 Å². The predicted molar refractivity (Wildman–Crippen MR) is 67.6 cm³/mol. The number of nitrogens with zero attached hydrogens (tertiary/aromatic N) is 1. The SMILES string of the molecule is c1ccc(NCC2CN3CCC2CC3)cc1. The zero-order valence-corrected chi connectivity index (χ0v) is 9.73. The molecule has 3 fully saturated rings. The summed E-state index contributed by atoms with van der Waals surface area (Å²) >= 11 is 0. The van der Waals surface area contributed by atoms with Gasteiger partial charge in [-0.05, 0) is 49.9 Å². The number of rotatable bonds is 3. The maximum Gasteiger partial charge on any atom is 0.0340 e. The molecule has 0 spiro atoms. The third-order valence-electron chi connectivity index (χ3n) is 4.13. The lowest BCUT2D eigenvalue weighted by Gasteiger charge is -2.45. The highest BCUT2D eigenvalue weighted by Crippen LogP contribution is 2.32. The van der Waals surface area contributed by atoms with Crippen molar-refractivity contribution in [3.63, 3.8) is 0 Å². The minimum atomic E-state index is 0.864. The molecule has 1 aromatic rings. The summed E-state index contributed by atoms with van der Waals surface area (Å²) in [7, 11) is 0. The van der Waals surface area contributed by atoms with Gasteiger partial charge in [0.25, 0.3) is 0 Å². The fourth-order valence-electron chi connectivity index (χ4n) is 3.12. The molecule has 3 heterocycles. The molecule has 2 nitrogen and oxygen atoms in total. The lowest BCUT2D eigenvalue weighted by molar-refractivity contribution is 0.0574. The van der Waals surface area contributed by atoms with Crippen LogP contribution in [0.5, 0.6) is 0 Å². The molecule has 4 rings (SSSR count). The second-order valence-electron chi connectivity index (χ2n) is 5.15. The van der Waals surface area contributed by atoms with Crippen LogP contribution in [0.1, 0.15) is 12.8 Å². The molecule has 3 saturated heterocycles. The first-order chi connectivity index (χ1) is 7.92. The van der Waals surface area contributed by atoms with Crippen molar-refractivity contribution in [2.24, 2.45) is 11.8 Å². The van der Waals surface area contributed by atoms with Crippen LogP contribution in [0.3, 0.4) is 0 Å². The highest BCUT2D eigenvalue weighted by Gasteiger charge is 2.33. The smallest absolute Gasteiger partial charge is 0.0340 e. The van der Waals surface area contributed by atoms with Crippen molar-refractivity contribution in [3.05, 3.63) is 30.3 Å². The van der Waals surface area contributed by atoms with E-state index in [-0.39, 0.29) is 0 Å². The van der Waals surface area contributed by atoms with Gasteiger partial charge in [0.1, 0.15) is 0 Å². The molecular weight excluding hydrogens is 196 g/mol. The molecule has 0 aromatic heterocycles. The minimum Gasteiger partial charge on any atom is -0.385 e. The van der Waals surface area contributed by atoms with Crippen LogP contribution in [0.15, 0.2) is 30.3 Å². The number of hydrogen-bond acceptors (Lipinski definition) is 2. The van der Waals surface area contributed by atoms with Crippen molar-refractivity contribution in [1.29, 1.82) is 0 Å². The standard InChI is InChI=1S/C14H20N2/c1-2-4-14(5-3-1)15-10-13-11-16-8-6-12(13)7-9-16/h1-5,12-13,15H,6-11H2. The average molecular weight is 216 g/mol. The number of hydrogen-bond donors (Lipinski definition) is 1. The van der Waals surface area contributed by atoms with E-state index in [0.717, 1.165) is 18.4 Å². The summed E-state index contributed by atoms with van der Waals surface area (Å²) in [6.07, 6.45) is 2.84. The van der Waals surface area contributed by atoms with Gasteiger partial charge in [0.2, 0.25) is 0 Å². The zero-order chi connectivity index (χ0) is 10.8. The van der Waals surface area contributed by atoms with Gasteiger partial charge in [-0.15, -0.1) is 0 Å². The van der Waals surface area contributed by atoms with Gasteiger partial charge in [0.05, 0.1) is 0 Å². The molecule has 3 aliphatic heterocycles. The van der Waals surface area contributed by atoms with Gasteiger partial charge in [-0.25, -0.2) is 0 Å². The number of fused-ring (bicyclic) bond motifs is 3. The highest BCUT2D eigenvalue weighted by molar-refractivity contribution is 5.42. The van der Waals surface area contributed by atoms with Crippen LogP contribution in [-0.4, -0.2) is 31.1 Å². The molecule has 0 saturated carbocycles. The summed E-state index contributed by atoms with van der Waals surface area (Å²) in [5, 5.41) is 3.57. The normalized spacial score (nSPS) is 32.6. The maximum atomic E-state index is 3.57. The first-order valence-corrected chi connectivity index (χ1v) is 6.43. The Hall–Kier alpha value is -1.02. The van der Waals surface area contributed by atoms with Crippen LogP contribution in [-0.2, 0) is 0 Å². The van der Waals surface area contributed by atoms with Gasteiger partial charge in [0, 0.05) is 18.8 Å². The van der Waals surface area contributed by atoms with Crippen molar-refractivity contribution < 1.29 is 0 Å². The number of anilines is 1. The van der Waals surface area contributed by atoms with Gasteiger partial charge in [-0.2, -0.15) is 0 Å². The first-order valence-electron chi connectivity index (χ1n) is 6.43. The number of para-hydroxylation sites is 1. The summed E-state index contributed by atoms with van der Waals surface area (Å²) in [6.45, 7) is 5.13. The second-order valence-corrected chi connectivity index (χ2v) is 5.15. The van der Waals surface area contributed by atoms with Crippen molar-refractivity contribution in [1.82, 2.24) is 4.90 Å². The summed E-state index contributed by atoms with van der Waals surface area (Å²) in [6, 6.07) is 10.6. The van der Waals surface area contributed by atoms with Gasteiger partial charge in [-0.1, -0.05) is 18.2 Å². The Morgan fingerprint density at radius 2 is 1.88 bits per heavy atom. The Labute approximate surface area is 97.6 Å². The highest BCUT2D eigenvalue weighted by atomic mass is 15.2. The Bertz CT molecular complexity index is 328. The van der Waals surface area contributed by atoms with E-state index < -0.39 is 0 Å². The van der Waals surface area contributed by atoms with E-state index >= 15 is 0 Å². The third-order valence-corrected chi connectivity index (χ3v) is 4.13. The monoisotopic (exact) mass is 216 g/mol. The molecule has 0 amide bonds. The average Bonchev–Trinajstić information content (AvgIpc) is 2.39. The topological polar surface area (TPSA) is 15.3 Å². The van der Waals surface area contributed by atoms with Crippen LogP contribution < -0.4 is 5.32 Å². The quantitative estimate of drug-likeness (QED) is 0.835. The molecule has 3 aliphatic rings. The van der Waals surface area contributed by atoms with Crippen molar-refractivity contribution >= 4 is 5.69 Å². The van der Waals surface area contributed by atoms with Gasteiger partial charge >= 0.3 is 0 Å². The fraction of sp³-hybridized carbons (Fsp3) is 0.571. The van der Waals surface area contributed by atoms with Crippen molar-refractivity contribution in [2.75, 3.05) is 31.5 Å². The Balaban J connectivity index is 1.56. The van der Waals surface area contributed by atoms with Gasteiger partial charge in [0.15, 0.2) is 0 Å². The van der Waals surface area contributed by atoms with Gasteiger partial charge < -0.3 is 10.2 Å². The summed E-state index contributed by atoms with van der Waals surface area (Å²) < 4.78 is 0. The minimum absolute atomic E-state index is 0.864. The summed E-state index contributed by atoms with van der Waals surface area (Å²) in [5.74, 6) is 1.84. The largest absolute Gasteiger partial charge is 0.385 e. The predicted octanol–water partition coefficient (Wildman–Crippen LogP) is 2.44. The van der Waals surface area contributed by atoms with Crippen LogP contribution in [0, 0.1) is 11.8 Å². The molecule has 1 atom stereocenters. The third kappa shape index (κ3) is 2.07. The molecule has 1 N–H and O–H groups in total. The lowest BCUT2D eigenvalue weighted by Crippen LogP contribution is -2.49. The van der Waals surface area contributed by atoms with E-state index in [0.29, 0.717) is 0 Å². The summed E-state index contributed by atoms with van der Waals surface area (Å²) in [5.41, 5.74) is 1.26. The van der Waals surface area contributed by atoms with E-state index in [2.05, 4.69) is 40.5 Å². The van der Waals surface area contributed by atoms with E-state index in [1.165, 1.54) is 38.2 Å². The second kappa shape index (κ2) is 4.46. The van der Waals surface area contributed by atoms with Crippen LogP contribution >= 0.6 is 0 Å². The van der Waals surface area contributed by atoms with Crippen LogP contribution in [0.4, 0.5) is 5.69 Å². The number of piperidine rings is 3. The molecule has 0 radical (unpaired) electrons. The van der Waals surface area contributed by atoms with E-state index in [1.54, 1.807) is 0 Å². The Morgan fingerprint density at radius 3 is 2.50 bits per heavy atom. The number of benzene rings is 1. The zero-order valence-electron chi connectivity index (χ0n) is 9.73. The fourth-order valence-corrected chi connectivity index (χ4v) is 3.12. The Morgan fingerprint density at radius 1 is 1.12 bits per heavy atom. The van der Waals surface area contributed by atoms with E-state index in [9.17, 15) is 0 Å². The van der Waals surface area contributed by atoms with E-state index in [1.807, 2.05) is 0 Å². The molecule has 1 aromatic carbocycles. The molecule has 86 valence electrons. The molecule has 0 aliphatic carbocycles. The maximum absolute atomic E-state index is 3.57. The summed E-state index contributed by atoms with van der Waals surface area (Å²) in [4.78, 5) is 2.62. The molecular formula is C14H20N2.